The van der Waals surface area contributed by atoms with Gasteiger partial charge in [0, 0.05) is 6.07 Å². The van der Waals surface area contributed by atoms with Crippen LogP contribution < -0.4 is 0 Å². The highest BCUT2D eigenvalue weighted by molar-refractivity contribution is 5.92. The normalized spacial score (nSPS) is 20.6. The highest BCUT2D eigenvalue weighted by Crippen LogP contribution is 2.22. The van der Waals surface area contributed by atoms with E-state index in [0.29, 0.717) is 12.7 Å². The van der Waals surface area contributed by atoms with Gasteiger partial charge in [0.2, 0.25) is 0 Å². The van der Waals surface area contributed by atoms with Crippen LogP contribution in [0.15, 0.2) is 18.2 Å². The maximum absolute atomic E-state index is 13.1. The maximum Gasteiger partial charge on any atom is 0.185 e. The fourth-order valence-electron chi connectivity index (χ4n) is 1.88. The monoisotopic (exact) mass is 267 g/mol. The molecule has 0 amide bonds. The number of ether oxygens (including phenoxy) is 2. The number of Topliss-reactive ketones (excluding diaryl/α,β-unsaturated/α-hetero) is 1. The van der Waals surface area contributed by atoms with Crippen LogP contribution in [0.25, 0.3) is 0 Å². The minimum Gasteiger partial charge on any atom is -0.376 e. The largest absolute Gasteiger partial charge is 0.376 e. The van der Waals surface area contributed by atoms with Gasteiger partial charge < -0.3 is 9.47 Å². The first-order valence-corrected chi connectivity index (χ1v) is 5.70. The summed E-state index contributed by atoms with van der Waals surface area (Å²) in [6.45, 7) is 0.691. The van der Waals surface area contributed by atoms with Gasteiger partial charge in [0.05, 0.1) is 25.9 Å². The Hall–Kier alpha value is -1.84. The topological polar surface area (TPSA) is 59.3 Å². The van der Waals surface area contributed by atoms with Crippen LogP contribution in [-0.2, 0) is 14.3 Å². The second-order valence-electron chi connectivity index (χ2n) is 4.10. The van der Waals surface area contributed by atoms with Crippen LogP contribution in [0, 0.1) is 23.0 Å². The van der Waals surface area contributed by atoms with Crippen LogP contribution in [0.3, 0.4) is 0 Å². The Balaban J connectivity index is 2.23. The van der Waals surface area contributed by atoms with Crippen LogP contribution >= 0.6 is 0 Å². The molecule has 1 aromatic carbocycles. The van der Waals surface area contributed by atoms with Crippen molar-refractivity contribution in [3.63, 3.8) is 0 Å². The summed E-state index contributed by atoms with van der Waals surface area (Å²) in [7, 11) is 0. The number of hydrogen-bond acceptors (Lipinski definition) is 4. The number of ketones is 1. The Morgan fingerprint density at radius 3 is 2.53 bits per heavy atom. The van der Waals surface area contributed by atoms with Gasteiger partial charge in [-0.25, -0.2) is 8.78 Å². The molecule has 2 atom stereocenters. The van der Waals surface area contributed by atoms with Gasteiger partial charge in [0.1, 0.15) is 23.7 Å². The third kappa shape index (κ3) is 3.13. The zero-order valence-electron chi connectivity index (χ0n) is 9.94. The van der Waals surface area contributed by atoms with Crippen LogP contribution in [-0.4, -0.2) is 31.7 Å². The first-order valence-electron chi connectivity index (χ1n) is 5.70. The summed E-state index contributed by atoms with van der Waals surface area (Å²) in [5.74, 6) is -3.48. The average molecular weight is 267 g/mol. The summed E-state index contributed by atoms with van der Waals surface area (Å²) < 4.78 is 36.5. The van der Waals surface area contributed by atoms with Crippen molar-refractivity contribution in [1.29, 1.82) is 5.26 Å². The number of hydrogen-bond donors (Lipinski definition) is 0. The SMILES string of the molecule is N#CC(C(=O)C1COCCO1)c1cc(F)cc(F)c1. The molecular formula is C13H11F2NO3. The van der Waals surface area contributed by atoms with Gasteiger partial charge in [-0.2, -0.15) is 5.26 Å². The minimum absolute atomic E-state index is 0.0147. The molecule has 1 aromatic rings. The maximum atomic E-state index is 13.1. The summed E-state index contributed by atoms with van der Waals surface area (Å²) in [6, 6.07) is 4.38. The third-order valence-electron chi connectivity index (χ3n) is 2.77. The van der Waals surface area contributed by atoms with Gasteiger partial charge in [-0.05, 0) is 17.7 Å². The molecule has 0 spiro atoms. The highest BCUT2D eigenvalue weighted by atomic mass is 19.1. The quantitative estimate of drug-likeness (QED) is 0.833. The molecule has 6 heteroatoms. The molecule has 0 saturated carbocycles. The van der Waals surface area contributed by atoms with E-state index in [1.807, 2.05) is 0 Å². The van der Waals surface area contributed by atoms with Crippen molar-refractivity contribution in [1.82, 2.24) is 0 Å². The standard InChI is InChI=1S/C13H11F2NO3/c14-9-3-8(4-10(15)5-9)11(6-16)13(17)12-7-18-1-2-19-12/h3-5,11-12H,1-2,7H2. The van der Waals surface area contributed by atoms with Crippen molar-refractivity contribution in [3.8, 4) is 6.07 Å². The lowest BCUT2D eigenvalue weighted by molar-refractivity contribution is -0.145. The predicted octanol–water partition coefficient (Wildman–Crippen LogP) is 1.56. The van der Waals surface area contributed by atoms with E-state index in [0.717, 1.165) is 12.1 Å². The fraction of sp³-hybridized carbons (Fsp3) is 0.385. The van der Waals surface area contributed by atoms with Crippen LogP contribution in [0.4, 0.5) is 8.78 Å². The number of nitriles is 1. The Kier molecular flexibility index (Phi) is 4.20. The second-order valence-corrected chi connectivity index (χ2v) is 4.10. The molecule has 1 aliphatic rings. The van der Waals surface area contributed by atoms with E-state index >= 15 is 0 Å². The van der Waals surface area contributed by atoms with Gasteiger partial charge >= 0.3 is 0 Å². The zero-order chi connectivity index (χ0) is 13.8. The summed E-state index contributed by atoms with van der Waals surface area (Å²) in [4.78, 5) is 12.1. The number of benzene rings is 1. The molecule has 4 nitrogen and oxygen atoms in total. The number of rotatable bonds is 3. The van der Waals surface area contributed by atoms with E-state index in [2.05, 4.69) is 0 Å². The van der Waals surface area contributed by atoms with E-state index < -0.39 is 29.4 Å². The first-order chi connectivity index (χ1) is 9.11. The van der Waals surface area contributed by atoms with Crippen molar-refractivity contribution in [2.75, 3.05) is 19.8 Å². The van der Waals surface area contributed by atoms with E-state index in [-0.39, 0.29) is 18.8 Å². The van der Waals surface area contributed by atoms with Gasteiger partial charge in [-0.15, -0.1) is 0 Å². The van der Waals surface area contributed by atoms with Gasteiger partial charge in [-0.1, -0.05) is 0 Å². The predicted molar refractivity (Wildman–Crippen MR) is 60.3 cm³/mol. The molecule has 0 aromatic heterocycles. The Morgan fingerprint density at radius 2 is 2.00 bits per heavy atom. The molecule has 0 radical (unpaired) electrons. The van der Waals surface area contributed by atoms with E-state index in [1.54, 1.807) is 6.07 Å². The molecule has 0 aliphatic carbocycles. The highest BCUT2D eigenvalue weighted by Gasteiger charge is 2.31. The Labute approximate surface area is 108 Å². The summed E-state index contributed by atoms with van der Waals surface area (Å²) in [5.41, 5.74) is -0.0147. The van der Waals surface area contributed by atoms with Gasteiger partial charge in [0.15, 0.2) is 5.78 Å². The molecule has 0 bridgehead atoms. The molecule has 1 fully saturated rings. The summed E-state index contributed by atoms with van der Waals surface area (Å²) in [5, 5.41) is 9.05. The van der Waals surface area contributed by atoms with Gasteiger partial charge in [0.25, 0.3) is 0 Å². The summed E-state index contributed by atoms with van der Waals surface area (Å²) in [6.07, 6.45) is -0.871. The smallest absolute Gasteiger partial charge is 0.185 e. The molecule has 100 valence electrons. The number of nitrogens with zero attached hydrogens (tertiary/aromatic N) is 1. The van der Waals surface area contributed by atoms with Gasteiger partial charge in [-0.3, -0.25) is 4.79 Å². The van der Waals surface area contributed by atoms with Crippen LogP contribution in [0.5, 0.6) is 0 Å². The van der Waals surface area contributed by atoms with Crippen molar-refractivity contribution in [2.45, 2.75) is 12.0 Å². The van der Waals surface area contributed by atoms with Crippen molar-refractivity contribution < 1.29 is 23.0 Å². The Bertz CT molecular complexity index is 501. The van der Waals surface area contributed by atoms with E-state index in [4.69, 9.17) is 14.7 Å². The molecule has 2 unspecified atom stereocenters. The lowest BCUT2D eigenvalue weighted by Gasteiger charge is -2.23. The number of carbonyl (C=O) groups excluding carboxylic acids is 1. The molecule has 1 saturated heterocycles. The van der Waals surface area contributed by atoms with Crippen LogP contribution in [0.1, 0.15) is 11.5 Å². The molecule has 0 N–H and O–H groups in total. The fourth-order valence-corrected chi connectivity index (χ4v) is 1.88. The Morgan fingerprint density at radius 1 is 1.32 bits per heavy atom. The first kappa shape index (κ1) is 13.6. The van der Waals surface area contributed by atoms with Crippen molar-refractivity contribution in [3.05, 3.63) is 35.4 Å². The minimum atomic E-state index is -1.27. The molecular weight excluding hydrogens is 256 g/mol. The van der Waals surface area contributed by atoms with E-state index in [1.165, 1.54) is 0 Å². The van der Waals surface area contributed by atoms with Crippen molar-refractivity contribution >= 4 is 5.78 Å². The number of carbonyl (C=O) groups is 1. The number of halogens is 2. The van der Waals surface area contributed by atoms with E-state index in [9.17, 15) is 13.6 Å². The zero-order valence-corrected chi connectivity index (χ0v) is 9.94. The molecule has 19 heavy (non-hydrogen) atoms. The van der Waals surface area contributed by atoms with Crippen molar-refractivity contribution in [2.24, 2.45) is 0 Å². The lowest BCUT2D eigenvalue weighted by atomic mass is 9.93. The molecule has 1 heterocycles. The lowest BCUT2D eigenvalue weighted by Crippen LogP contribution is -2.38. The van der Waals surface area contributed by atoms with Crippen LogP contribution in [0.2, 0.25) is 0 Å². The average Bonchev–Trinajstić information content (AvgIpc) is 2.39. The second kappa shape index (κ2) is 5.87. The summed E-state index contributed by atoms with van der Waals surface area (Å²) >= 11 is 0. The molecule has 1 aliphatic heterocycles. The third-order valence-corrected chi connectivity index (χ3v) is 2.77. The molecule has 2 rings (SSSR count).